The Morgan fingerprint density at radius 3 is 2.68 bits per heavy atom. The van der Waals surface area contributed by atoms with Crippen LogP contribution in [0.3, 0.4) is 0 Å². The molecule has 0 aliphatic rings. The van der Waals surface area contributed by atoms with Gasteiger partial charge in [-0.15, -0.1) is 11.8 Å². The minimum Gasteiger partial charge on any atom is -0.452 e. The van der Waals surface area contributed by atoms with Crippen molar-refractivity contribution in [3.8, 4) is 0 Å². The third-order valence-corrected chi connectivity index (χ3v) is 4.77. The molecule has 0 aliphatic carbocycles. The molecule has 0 radical (unpaired) electrons. The summed E-state index contributed by atoms with van der Waals surface area (Å²) in [4.78, 5) is 25.0. The van der Waals surface area contributed by atoms with Gasteiger partial charge in [-0.2, -0.15) is 0 Å². The quantitative estimate of drug-likeness (QED) is 0.593. The van der Waals surface area contributed by atoms with E-state index in [1.807, 2.05) is 31.2 Å². The van der Waals surface area contributed by atoms with E-state index in [4.69, 9.17) is 16.3 Å². The second kappa shape index (κ2) is 8.87. The third-order valence-electron chi connectivity index (χ3n) is 3.31. The van der Waals surface area contributed by atoms with Gasteiger partial charge in [0.2, 0.25) is 0 Å². The highest BCUT2D eigenvalue weighted by molar-refractivity contribution is 8.00. The summed E-state index contributed by atoms with van der Waals surface area (Å²) in [6, 6.07) is 11.3. The molecule has 25 heavy (non-hydrogen) atoms. The molecule has 132 valence electrons. The topological polar surface area (TPSA) is 55.4 Å². The van der Waals surface area contributed by atoms with Gasteiger partial charge in [0.1, 0.15) is 5.82 Å². The van der Waals surface area contributed by atoms with Gasteiger partial charge >= 0.3 is 5.97 Å². The van der Waals surface area contributed by atoms with Gasteiger partial charge in [-0.05, 0) is 43.7 Å². The Morgan fingerprint density at radius 1 is 1.28 bits per heavy atom. The number of carbonyl (C=O) groups is 2. The number of nitrogens with one attached hydrogen (secondary N) is 1. The number of anilines is 1. The zero-order valence-corrected chi connectivity index (χ0v) is 15.3. The number of carbonyl (C=O) groups excluding carboxylic acids is 2. The van der Waals surface area contributed by atoms with E-state index in [2.05, 4.69) is 5.32 Å². The average molecular weight is 382 g/mol. The molecule has 0 saturated heterocycles. The van der Waals surface area contributed by atoms with Crippen LogP contribution in [0.4, 0.5) is 10.1 Å². The summed E-state index contributed by atoms with van der Waals surface area (Å²) in [5, 5.41) is 2.58. The number of thioether (sulfide) groups is 1. The minimum absolute atomic E-state index is 0.0713. The SMILES string of the molecule is Cc1ccccc1SCC(=O)O[C@H](C)C(=O)Nc1ccc(F)cc1Cl. The normalized spacial score (nSPS) is 11.7. The molecule has 7 heteroatoms. The van der Waals surface area contributed by atoms with Crippen molar-refractivity contribution < 1.29 is 18.7 Å². The summed E-state index contributed by atoms with van der Waals surface area (Å²) in [5.74, 6) is -1.45. The van der Waals surface area contributed by atoms with Gasteiger partial charge in [0.25, 0.3) is 5.91 Å². The fourth-order valence-electron chi connectivity index (χ4n) is 1.96. The van der Waals surface area contributed by atoms with Crippen LogP contribution in [0.1, 0.15) is 12.5 Å². The number of hydrogen-bond acceptors (Lipinski definition) is 4. The van der Waals surface area contributed by atoms with Crippen LogP contribution in [0, 0.1) is 12.7 Å². The van der Waals surface area contributed by atoms with Crippen LogP contribution in [0.5, 0.6) is 0 Å². The molecule has 0 aromatic heterocycles. The van der Waals surface area contributed by atoms with Gasteiger partial charge in [-0.1, -0.05) is 29.8 Å². The van der Waals surface area contributed by atoms with E-state index >= 15 is 0 Å². The summed E-state index contributed by atoms with van der Waals surface area (Å²) in [5.41, 5.74) is 1.32. The Bertz CT molecular complexity index is 785. The average Bonchev–Trinajstić information content (AvgIpc) is 2.56. The number of aryl methyl sites for hydroxylation is 1. The number of ether oxygens (including phenoxy) is 1. The number of amides is 1. The second-order valence-electron chi connectivity index (χ2n) is 5.30. The maximum Gasteiger partial charge on any atom is 0.317 e. The Labute approximate surface area is 154 Å². The van der Waals surface area contributed by atoms with Gasteiger partial charge in [0, 0.05) is 4.90 Å². The van der Waals surface area contributed by atoms with Gasteiger partial charge in [-0.3, -0.25) is 9.59 Å². The van der Waals surface area contributed by atoms with E-state index in [1.54, 1.807) is 0 Å². The lowest BCUT2D eigenvalue weighted by molar-refractivity contribution is -0.150. The van der Waals surface area contributed by atoms with Gasteiger partial charge in [0.05, 0.1) is 16.5 Å². The molecular formula is C18H17ClFNO3S. The summed E-state index contributed by atoms with van der Waals surface area (Å²) < 4.78 is 18.1. The molecule has 2 aromatic carbocycles. The first-order valence-electron chi connectivity index (χ1n) is 7.50. The fraction of sp³-hybridized carbons (Fsp3) is 0.222. The Morgan fingerprint density at radius 2 is 2.00 bits per heavy atom. The zero-order chi connectivity index (χ0) is 18.4. The molecule has 0 saturated carbocycles. The Kier molecular flexibility index (Phi) is 6.84. The van der Waals surface area contributed by atoms with Crippen LogP contribution in [-0.4, -0.2) is 23.7 Å². The maximum atomic E-state index is 13.0. The first-order chi connectivity index (χ1) is 11.9. The lowest BCUT2D eigenvalue weighted by Gasteiger charge is -2.14. The van der Waals surface area contributed by atoms with Crippen molar-refractivity contribution in [3.63, 3.8) is 0 Å². The Hall–Kier alpha value is -2.05. The molecule has 1 amide bonds. The van der Waals surface area contributed by atoms with E-state index in [0.717, 1.165) is 16.5 Å². The number of benzene rings is 2. The monoisotopic (exact) mass is 381 g/mol. The van der Waals surface area contributed by atoms with E-state index in [0.29, 0.717) is 0 Å². The molecule has 1 N–H and O–H groups in total. The highest BCUT2D eigenvalue weighted by Gasteiger charge is 2.19. The zero-order valence-electron chi connectivity index (χ0n) is 13.7. The van der Waals surface area contributed by atoms with E-state index < -0.39 is 23.8 Å². The van der Waals surface area contributed by atoms with E-state index in [-0.39, 0.29) is 16.5 Å². The highest BCUT2D eigenvalue weighted by Crippen LogP contribution is 2.23. The van der Waals surface area contributed by atoms with Crippen molar-refractivity contribution in [1.29, 1.82) is 0 Å². The van der Waals surface area contributed by atoms with Crippen LogP contribution in [-0.2, 0) is 14.3 Å². The van der Waals surface area contributed by atoms with Crippen molar-refractivity contribution in [2.24, 2.45) is 0 Å². The molecule has 0 spiro atoms. The lowest BCUT2D eigenvalue weighted by Crippen LogP contribution is -2.30. The van der Waals surface area contributed by atoms with Gasteiger partial charge < -0.3 is 10.1 Å². The fourth-order valence-corrected chi connectivity index (χ4v) is 2.99. The summed E-state index contributed by atoms with van der Waals surface area (Å²) >= 11 is 7.20. The van der Waals surface area contributed by atoms with Crippen molar-refractivity contribution in [2.75, 3.05) is 11.1 Å². The molecule has 0 unspecified atom stereocenters. The van der Waals surface area contributed by atoms with Crippen molar-refractivity contribution in [3.05, 3.63) is 58.9 Å². The molecule has 0 aliphatic heterocycles. The predicted molar refractivity (Wildman–Crippen MR) is 97.5 cm³/mol. The van der Waals surface area contributed by atoms with Crippen molar-refractivity contribution in [2.45, 2.75) is 24.8 Å². The lowest BCUT2D eigenvalue weighted by atomic mass is 10.2. The number of esters is 1. The third kappa shape index (κ3) is 5.76. The highest BCUT2D eigenvalue weighted by atomic mass is 35.5. The number of rotatable bonds is 6. The molecule has 2 aromatic rings. The number of hydrogen-bond donors (Lipinski definition) is 1. The first kappa shape index (κ1) is 19.3. The summed E-state index contributed by atoms with van der Waals surface area (Å²) in [7, 11) is 0. The largest absolute Gasteiger partial charge is 0.452 e. The summed E-state index contributed by atoms with van der Waals surface area (Å²) in [6.07, 6.45) is -0.994. The number of halogens is 2. The van der Waals surface area contributed by atoms with Crippen LogP contribution in [0.15, 0.2) is 47.4 Å². The van der Waals surface area contributed by atoms with Gasteiger partial charge in [0.15, 0.2) is 6.10 Å². The molecular weight excluding hydrogens is 365 g/mol. The van der Waals surface area contributed by atoms with E-state index in [1.165, 1.54) is 30.8 Å². The maximum absolute atomic E-state index is 13.0. The molecule has 0 fully saturated rings. The molecule has 4 nitrogen and oxygen atoms in total. The van der Waals surface area contributed by atoms with Crippen LogP contribution in [0.25, 0.3) is 0 Å². The minimum atomic E-state index is -0.994. The van der Waals surface area contributed by atoms with Gasteiger partial charge in [-0.25, -0.2) is 4.39 Å². The Balaban J connectivity index is 1.85. The predicted octanol–water partition coefficient (Wildman–Crippen LogP) is 4.45. The smallest absolute Gasteiger partial charge is 0.317 e. The summed E-state index contributed by atoms with van der Waals surface area (Å²) in [6.45, 7) is 3.42. The van der Waals surface area contributed by atoms with Crippen LogP contribution < -0.4 is 5.32 Å². The first-order valence-corrected chi connectivity index (χ1v) is 8.87. The van der Waals surface area contributed by atoms with E-state index in [9.17, 15) is 14.0 Å². The molecule has 0 heterocycles. The van der Waals surface area contributed by atoms with Crippen molar-refractivity contribution in [1.82, 2.24) is 0 Å². The standard InChI is InChI=1S/C18H17ClFNO3S/c1-11-5-3-4-6-16(11)25-10-17(22)24-12(2)18(23)21-15-8-7-13(20)9-14(15)19/h3-9,12H,10H2,1-2H3,(H,21,23)/t12-/m1/s1. The van der Waals surface area contributed by atoms with Crippen molar-refractivity contribution >= 4 is 40.9 Å². The molecule has 1 atom stereocenters. The van der Waals surface area contributed by atoms with Crippen LogP contribution >= 0.6 is 23.4 Å². The van der Waals surface area contributed by atoms with Crippen LogP contribution in [0.2, 0.25) is 5.02 Å². The second-order valence-corrected chi connectivity index (χ2v) is 6.72. The molecule has 0 bridgehead atoms. The molecule has 2 rings (SSSR count).